The quantitative estimate of drug-likeness (QED) is 0.843. The van der Waals surface area contributed by atoms with Crippen molar-refractivity contribution >= 4 is 11.8 Å². The lowest BCUT2D eigenvalue weighted by Gasteiger charge is -2.50. The highest BCUT2D eigenvalue weighted by Crippen LogP contribution is 2.50. The van der Waals surface area contributed by atoms with Crippen molar-refractivity contribution < 1.29 is 14.3 Å². The minimum absolute atomic E-state index is 0.0635. The molecule has 2 amide bonds. The Labute approximate surface area is 167 Å². The standard InChI is InChI=1S/C23H32N2O3/c1-3-16(2)24-21(26)20-18-10-4-5-11-19(18)22(27)25(15-17-9-8-14-28-17)23(20)12-6-7-13-23/h4-5,10-11,16-17,20H,3,6-9,12-15H2,1-2H3,(H,24,26)/t16-,17+,20+/m1/s1. The Kier molecular flexibility index (Phi) is 5.46. The van der Waals surface area contributed by atoms with Crippen LogP contribution in [0.1, 0.15) is 80.6 Å². The molecule has 1 spiro atoms. The Morgan fingerprint density at radius 1 is 1.29 bits per heavy atom. The molecule has 2 heterocycles. The SMILES string of the molecule is CC[C@@H](C)NC(=O)[C@@H]1c2ccccc2C(=O)N(C[C@@H]2CCCO2)C12CCCC2. The number of nitrogens with zero attached hydrogens (tertiary/aromatic N) is 1. The second-order valence-corrected chi connectivity index (χ2v) is 8.70. The minimum Gasteiger partial charge on any atom is -0.376 e. The van der Waals surface area contributed by atoms with Gasteiger partial charge < -0.3 is 15.0 Å². The van der Waals surface area contributed by atoms with Gasteiger partial charge in [0.05, 0.1) is 17.6 Å². The van der Waals surface area contributed by atoms with Crippen LogP contribution >= 0.6 is 0 Å². The van der Waals surface area contributed by atoms with Crippen molar-refractivity contribution in [2.75, 3.05) is 13.2 Å². The van der Waals surface area contributed by atoms with Gasteiger partial charge >= 0.3 is 0 Å². The lowest BCUT2D eigenvalue weighted by Crippen LogP contribution is -2.62. The Bertz CT molecular complexity index is 735. The summed E-state index contributed by atoms with van der Waals surface area (Å²) >= 11 is 0. The molecule has 1 aromatic carbocycles. The number of nitrogens with one attached hydrogen (secondary N) is 1. The number of benzene rings is 1. The molecule has 2 aliphatic heterocycles. The van der Waals surface area contributed by atoms with Crippen molar-refractivity contribution in [3.8, 4) is 0 Å². The van der Waals surface area contributed by atoms with Crippen LogP contribution in [0.3, 0.4) is 0 Å². The lowest BCUT2D eigenvalue weighted by molar-refractivity contribution is -0.127. The van der Waals surface area contributed by atoms with Gasteiger partial charge in [-0.1, -0.05) is 38.0 Å². The molecule has 3 aliphatic rings. The molecule has 5 nitrogen and oxygen atoms in total. The van der Waals surface area contributed by atoms with Crippen LogP contribution in [-0.4, -0.2) is 47.6 Å². The van der Waals surface area contributed by atoms with Crippen LogP contribution < -0.4 is 5.32 Å². The summed E-state index contributed by atoms with van der Waals surface area (Å²) < 4.78 is 5.88. The molecular formula is C23H32N2O3. The van der Waals surface area contributed by atoms with E-state index in [0.717, 1.165) is 57.1 Å². The molecule has 0 bridgehead atoms. The van der Waals surface area contributed by atoms with Crippen molar-refractivity contribution in [1.82, 2.24) is 10.2 Å². The third-order valence-electron chi connectivity index (χ3n) is 6.97. The van der Waals surface area contributed by atoms with E-state index in [2.05, 4.69) is 12.2 Å². The summed E-state index contributed by atoms with van der Waals surface area (Å²) in [5, 5.41) is 3.21. The fourth-order valence-corrected chi connectivity index (χ4v) is 5.35. The van der Waals surface area contributed by atoms with Gasteiger partial charge in [0.15, 0.2) is 0 Å². The Balaban J connectivity index is 1.77. The number of amides is 2. The second-order valence-electron chi connectivity index (χ2n) is 8.70. The number of rotatable bonds is 5. The van der Waals surface area contributed by atoms with Gasteiger partial charge in [-0.15, -0.1) is 0 Å². The zero-order valence-electron chi connectivity index (χ0n) is 17.1. The van der Waals surface area contributed by atoms with Gasteiger partial charge in [0, 0.05) is 24.8 Å². The zero-order chi connectivity index (χ0) is 19.7. The van der Waals surface area contributed by atoms with Crippen molar-refractivity contribution in [2.45, 2.75) is 82.4 Å². The van der Waals surface area contributed by atoms with E-state index >= 15 is 0 Å². The maximum Gasteiger partial charge on any atom is 0.254 e. The van der Waals surface area contributed by atoms with Crippen LogP contribution in [0.4, 0.5) is 0 Å². The summed E-state index contributed by atoms with van der Waals surface area (Å²) in [5.74, 6) is -0.173. The summed E-state index contributed by atoms with van der Waals surface area (Å²) in [5.41, 5.74) is 1.16. The number of ether oxygens (including phenoxy) is 1. The van der Waals surface area contributed by atoms with Gasteiger partial charge in [0.25, 0.3) is 5.91 Å². The normalized spacial score (nSPS) is 27.1. The van der Waals surface area contributed by atoms with Crippen molar-refractivity contribution in [3.63, 3.8) is 0 Å². The molecule has 0 aromatic heterocycles. The molecule has 1 aliphatic carbocycles. The van der Waals surface area contributed by atoms with Gasteiger partial charge in [0.2, 0.25) is 5.91 Å². The Hall–Kier alpha value is -1.88. The predicted octanol–water partition coefficient (Wildman–Crippen LogP) is 3.63. The molecular weight excluding hydrogens is 352 g/mol. The van der Waals surface area contributed by atoms with E-state index in [1.54, 1.807) is 0 Å². The van der Waals surface area contributed by atoms with Crippen LogP contribution in [0.5, 0.6) is 0 Å². The summed E-state index contributed by atoms with van der Waals surface area (Å²) in [6.45, 7) is 5.50. The number of hydrogen-bond donors (Lipinski definition) is 1. The number of hydrogen-bond acceptors (Lipinski definition) is 3. The summed E-state index contributed by atoms with van der Waals surface area (Å²) in [4.78, 5) is 29.1. The highest BCUT2D eigenvalue weighted by Gasteiger charge is 2.56. The maximum absolute atomic E-state index is 13.6. The second kappa shape index (κ2) is 7.86. The van der Waals surface area contributed by atoms with E-state index in [-0.39, 0.29) is 29.9 Å². The molecule has 1 N–H and O–H groups in total. The van der Waals surface area contributed by atoms with E-state index in [4.69, 9.17) is 4.74 Å². The van der Waals surface area contributed by atoms with E-state index in [1.165, 1.54) is 0 Å². The predicted molar refractivity (Wildman–Crippen MR) is 108 cm³/mol. The van der Waals surface area contributed by atoms with Gasteiger partial charge in [-0.2, -0.15) is 0 Å². The first-order chi connectivity index (χ1) is 13.6. The first-order valence-corrected chi connectivity index (χ1v) is 10.9. The molecule has 0 radical (unpaired) electrons. The maximum atomic E-state index is 13.6. The van der Waals surface area contributed by atoms with Crippen molar-refractivity contribution in [2.24, 2.45) is 0 Å². The molecule has 28 heavy (non-hydrogen) atoms. The summed E-state index contributed by atoms with van der Waals surface area (Å²) in [7, 11) is 0. The number of fused-ring (bicyclic) bond motifs is 1. The fourth-order valence-electron chi connectivity index (χ4n) is 5.35. The molecule has 4 rings (SSSR count). The molecule has 152 valence electrons. The zero-order valence-corrected chi connectivity index (χ0v) is 17.1. The van der Waals surface area contributed by atoms with E-state index in [1.807, 2.05) is 36.1 Å². The van der Waals surface area contributed by atoms with Gasteiger partial charge in [0.1, 0.15) is 0 Å². The van der Waals surface area contributed by atoms with Crippen molar-refractivity contribution in [1.29, 1.82) is 0 Å². The number of carbonyl (C=O) groups excluding carboxylic acids is 2. The topological polar surface area (TPSA) is 58.6 Å². The minimum atomic E-state index is -0.422. The largest absolute Gasteiger partial charge is 0.376 e. The van der Waals surface area contributed by atoms with Crippen molar-refractivity contribution in [3.05, 3.63) is 35.4 Å². The first-order valence-electron chi connectivity index (χ1n) is 10.9. The third-order valence-corrected chi connectivity index (χ3v) is 6.97. The average molecular weight is 385 g/mol. The fraction of sp³-hybridized carbons (Fsp3) is 0.652. The molecule has 1 saturated heterocycles. The molecule has 5 heteroatoms. The molecule has 1 aromatic rings. The van der Waals surface area contributed by atoms with Gasteiger partial charge in [-0.25, -0.2) is 0 Å². The van der Waals surface area contributed by atoms with Crippen LogP contribution in [-0.2, 0) is 9.53 Å². The molecule has 0 unspecified atom stereocenters. The average Bonchev–Trinajstić information content (AvgIpc) is 3.38. The smallest absolute Gasteiger partial charge is 0.254 e. The summed E-state index contributed by atoms with van der Waals surface area (Å²) in [6.07, 6.45) is 6.92. The molecule has 3 atom stereocenters. The van der Waals surface area contributed by atoms with Crippen LogP contribution in [0.25, 0.3) is 0 Å². The Morgan fingerprint density at radius 3 is 2.71 bits per heavy atom. The molecule has 2 fully saturated rings. The van der Waals surface area contributed by atoms with E-state index in [9.17, 15) is 9.59 Å². The Morgan fingerprint density at radius 2 is 2.04 bits per heavy atom. The van der Waals surface area contributed by atoms with Crippen LogP contribution in [0.15, 0.2) is 24.3 Å². The van der Waals surface area contributed by atoms with Gasteiger partial charge in [-0.05, 0) is 50.7 Å². The van der Waals surface area contributed by atoms with E-state index < -0.39 is 5.54 Å². The molecule has 1 saturated carbocycles. The lowest BCUT2D eigenvalue weighted by atomic mass is 9.70. The highest BCUT2D eigenvalue weighted by atomic mass is 16.5. The third kappa shape index (κ3) is 3.24. The van der Waals surface area contributed by atoms with E-state index in [0.29, 0.717) is 12.1 Å². The van der Waals surface area contributed by atoms with Crippen LogP contribution in [0.2, 0.25) is 0 Å². The summed E-state index contributed by atoms with van der Waals surface area (Å²) in [6, 6.07) is 7.84. The number of carbonyl (C=O) groups is 2. The monoisotopic (exact) mass is 384 g/mol. The highest BCUT2D eigenvalue weighted by molar-refractivity contribution is 6.02. The van der Waals surface area contributed by atoms with Gasteiger partial charge in [-0.3, -0.25) is 9.59 Å². The first kappa shape index (κ1) is 19.4. The van der Waals surface area contributed by atoms with Crippen LogP contribution in [0, 0.1) is 0 Å².